The summed E-state index contributed by atoms with van der Waals surface area (Å²) in [7, 11) is 1.73. The molecule has 1 saturated heterocycles. The lowest BCUT2D eigenvalue weighted by Crippen LogP contribution is -2.44. The van der Waals surface area contributed by atoms with Crippen LogP contribution in [0.2, 0.25) is 0 Å². The molecule has 1 atom stereocenters. The summed E-state index contributed by atoms with van der Waals surface area (Å²) in [6, 6.07) is 5.12. The summed E-state index contributed by atoms with van der Waals surface area (Å²) in [5.41, 5.74) is 7.82. The molecule has 0 radical (unpaired) electrons. The Kier molecular flexibility index (Phi) is 3.50. The van der Waals surface area contributed by atoms with Crippen molar-refractivity contribution in [3.63, 3.8) is 0 Å². The number of nitrogens with one attached hydrogen (secondary N) is 3. The van der Waals surface area contributed by atoms with Crippen molar-refractivity contribution in [2.24, 2.45) is 5.92 Å². The molecule has 100 valence electrons. The zero-order chi connectivity index (χ0) is 14.0. The maximum absolute atomic E-state index is 11.8. The Labute approximate surface area is 110 Å². The van der Waals surface area contributed by atoms with E-state index in [4.69, 9.17) is 11.1 Å². The van der Waals surface area contributed by atoms with Gasteiger partial charge in [0.1, 0.15) is 0 Å². The Bertz CT molecular complexity index is 554. The van der Waals surface area contributed by atoms with Crippen LogP contribution in [0.1, 0.15) is 18.4 Å². The fourth-order valence-corrected chi connectivity index (χ4v) is 2.16. The number of piperidine rings is 1. The topological polar surface area (TPSA) is 108 Å². The van der Waals surface area contributed by atoms with Crippen molar-refractivity contribution >= 4 is 28.9 Å². The number of anilines is 2. The second-order valence-corrected chi connectivity index (χ2v) is 4.47. The molecule has 0 bridgehead atoms. The van der Waals surface area contributed by atoms with Crippen molar-refractivity contribution in [2.75, 3.05) is 18.1 Å². The van der Waals surface area contributed by atoms with Gasteiger partial charge in [0.25, 0.3) is 0 Å². The van der Waals surface area contributed by atoms with E-state index in [1.807, 2.05) is 0 Å². The van der Waals surface area contributed by atoms with Gasteiger partial charge in [-0.05, 0) is 24.6 Å². The van der Waals surface area contributed by atoms with Gasteiger partial charge >= 0.3 is 0 Å². The van der Waals surface area contributed by atoms with E-state index in [9.17, 15) is 9.59 Å². The minimum Gasteiger partial charge on any atom is -0.399 e. The number of carbonyl (C=O) groups is 2. The molecule has 0 aromatic heterocycles. The second-order valence-electron chi connectivity index (χ2n) is 4.47. The minimum atomic E-state index is -0.589. The maximum atomic E-state index is 11.8. The minimum absolute atomic E-state index is 0.203. The first kappa shape index (κ1) is 13.1. The van der Waals surface area contributed by atoms with E-state index in [0.717, 1.165) is 0 Å². The van der Waals surface area contributed by atoms with Crippen LogP contribution in [0.3, 0.4) is 0 Å². The Morgan fingerprint density at radius 3 is 2.84 bits per heavy atom. The summed E-state index contributed by atoms with van der Waals surface area (Å²) >= 11 is 0. The monoisotopic (exact) mass is 260 g/mol. The molecule has 6 heteroatoms. The molecule has 6 nitrogen and oxygen atoms in total. The molecular weight excluding hydrogens is 244 g/mol. The predicted molar refractivity (Wildman–Crippen MR) is 73.1 cm³/mol. The van der Waals surface area contributed by atoms with Crippen molar-refractivity contribution in [2.45, 2.75) is 12.8 Å². The SMILES string of the molecule is CNc1cc(N)ccc1C(=N)C1CCC(=O)NC1=O. The average Bonchev–Trinajstić information content (AvgIpc) is 2.37. The quantitative estimate of drug-likeness (QED) is 0.365. The molecule has 2 amide bonds. The number of carbonyl (C=O) groups excluding carboxylic acids is 2. The van der Waals surface area contributed by atoms with Crippen LogP contribution in [-0.4, -0.2) is 24.6 Å². The highest BCUT2D eigenvalue weighted by atomic mass is 16.2. The fourth-order valence-electron chi connectivity index (χ4n) is 2.16. The van der Waals surface area contributed by atoms with E-state index >= 15 is 0 Å². The molecule has 1 aromatic carbocycles. The van der Waals surface area contributed by atoms with Crippen LogP contribution in [0.5, 0.6) is 0 Å². The molecule has 1 aromatic rings. The molecule has 5 N–H and O–H groups in total. The highest BCUT2D eigenvalue weighted by Crippen LogP contribution is 2.25. The molecule has 1 aliphatic heterocycles. The van der Waals surface area contributed by atoms with E-state index in [1.54, 1.807) is 25.2 Å². The van der Waals surface area contributed by atoms with Gasteiger partial charge in [-0.2, -0.15) is 0 Å². The number of imide groups is 1. The highest BCUT2D eigenvalue weighted by Gasteiger charge is 2.31. The first-order chi connectivity index (χ1) is 9.02. The normalized spacial score (nSPS) is 18.9. The van der Waals surface area contributed by atoms with Gasteiger partial charge in [0, 0.05) is 30.4 Å². The molecule has 1 heterocycles. The van der Waals surface area contributed by atoms with E-state index in [-0.39, 0.29) is 18.0 Å². The van der Waals surface area contributed by atoms with Gasteiger partial charge in [0.05, 0.1) is 11.6 Å². The number of hydrogen-bond donors (Lipinski definition) is 4. The largest absolute Gasteiger partial charge is 0.399 e. The van der Waals surface area contributed by atoms with Gasteiger partial charge in [-0.15, -0.1) is 0 Å². The summed E-state index contributed by atoms with van der Waals surface area (Å²) in [6.45, 7) is 0. The van der Waals surface area contributed by atoms with Crippen LogP contribution in [-0.2, 0) is 9.59 Å². The molecule has 19 heavy (non-hydrogen) atoms. The van der Waals surface area contributed by atoms with E-state index in [0.29, 0.717) is 23.4 Å². The summed E-state index contributed by atoms with van der Waals surface area (Å²) in [6.07, 6.45) is 0.639. The maximum Gasteiger partial charge on any atom is 0.235 e. The van der Waals surface area contributed by atoms with Crippen LogP contribution < -0.4 is 16.4 Å². The van der Waals surface area contributed by atoms with E-state index < -0.39 is 11.8 Å². The number of benzene rings is 1. The molecular formula is C13H16N4O2. The van der Waals surface area contributed by atoms with Crippen molar-refractivity contribution in [3.05, 3.63) is 23.8 Å². The number of rotatable bonds is 3. The lowest BCUT2D eigenvalue weighted by molar-refractivity contribution is -0.134. The third-order valence-corrected chi connectivity index (χ3v) is 3.19. The van der Waals surface area contributed by atoms with Gasteiger partial charge < -0.3 is 16.5 Å². The molecule has 0 saturated carbocycles. The Balaban J connectivity index is 2.29. The number of nitrogen functional groups attached to an aromatic ring is 1. The van der Waals surface area contributed by atoms with Crippen LogP contribution in [0.15, 0.2) is 18.2 Å². The second kappa shape index (κ2) is 5.09. The summed E-state index contributed by atoms with van der Waals surface area (Å²) < 4.78 is 0. The van der Waals surface area contributed by atoms with Gasteiger partial charge in [0.2, 0.25) is 11.8 Å². The standard InChI is InChI=1S/C13H16N4O2/c1-16-10-6-7(14)2-3-8(10)12(15)9-4-5-11(18)17-13(9)19/h2-3,6,9,15-16H,4-5,14H2,1H3,(H,17,18,19). The van der Waals surface area contributed by atoms with Crippen molar-refractivity contribution in [3.8, 4) is 0 Å². The molecule has 1 fully saturated rings. The molecule has 1 unspecified atom stereocenters. The molecule has 2 rings (SSSR count). The Hall–Kier alpha value is -2.37. The van der Waals surface area contributed by atoms with Crippen LogP contribution in [0, 0.1) is 11.3 Å². The fraction of sp³-hybridized carbons (Fsp3) is 0.308. The van der Waals surface area contributed by atoms with Gasteiger partial charge in [-0.1, -0.05) is 0 Å². The van der Waals surface area contributed by atoms with Crippen molar-refractivity contribution in [1.29, 1.82) is 5.41 Å². The third-order valence-electron chi connectivity index (χ3n) is 3.19. The van der Waals surface area contributed by atoms with Crippen LogP contribution in [0.4, 0.5) is 11.4 Å². The van der Waals surface area contributed by atoms with Crippen LogP contribution in [0.25, 0.3) is 0 Å². The number of amides is 2. The van der Waals surface area contributed by atoms with Gasteiger partial charge in [-0.3, -0.25) is 14.9 Å². The lowest BCUT2D eigenvalue weighted by Gasteiger charge is -2.23. The Morgan fingerprint density at radius 2 is 2.21 bits per heavy atom. The summed E-state index contributed by atoms with van der Waals surface area (Å²) in [4.78, 5) is 22.9. The first-order valence-electron chi connectivity index (χ1n) is 6.02. The smallest absolute Gasteiger partial charge is 0.235 e. The van der Waals surface area contributed by atoms with Gasteiger partial charge in [-0.25, -0.2) is 0 Å². The first-order valence-corrected chi connectivity index (χ1v) is 6.02. The lowest BCUT2D eigenvalue weighted by atomic mass is 9.88. The van der Waals surface area contributed by atoms with Crippen molar-refractivity contribution < 1.29 is 9.59 Å². The predicted octanol–water partition coefficient (Wildman–Crippen LogP) is 0.731. The van der Waals surface area contributed by atoms with Crippen LogP contribution >= 0.6 is 0 Å². The molecule has 1 aliphatic rings. The zero-order valence-corrected chi connectivity index (χ0v) is 10.6. The third kappa shape index (κ3) is 2.57. The van der Waals surface area contributed by atoms with E-state index in [1.165, 1.54) is 0 Å². The van der Waals surface area contributed by atoms with Gasteiger partial charge in [0.15, 0.2) is 0 Å². The Morgan fingerprint density at radius 1 is 1.47 bits per heavy atom. The van der Waals surface area contributed by atoms with E-state index in [2.05, 4.69) is 10.6 Å². The highest BCUT2D eigenvalue weighted by molar-refractivity contribution is 6.17. The summed E-state index contributed by atoms with van der Waals surface area (Å²) in [5.74, 6) is -1.27. The number of nitrogens with two attached hydrogens (primary N) is 1. The number of hydrogen-bond acceptors (Lipinski definition) is 5. The summed E-state index contributed by atoms with van der Waals surface area (Å²) in [5, 5.41) is 13.4. The average molecular weight is 260 g/mol. The zero-order valence-electron chi connectivity index (χ0n) is 10.6. The molecule has 0 aliphatic carbocycles. The molecule has 0 spiro atoms. The van der Waals surface area contributed by atoms with Crippen molar-refractivity contribution in [1.82, 2.24) is 5.32 Å².